The second kappa shape index (κ2) is 10.0. The average molecular weight is 480 g/mol. The highest BCUT2D eigenvalue weighted by molar-refractivity contribution is 6.03. The molecule has 4 rings (SSSR count). The summed E-state index contributed by atoms with van der Waals surface area (Å²) in [6, 6.07) is 9.27. The molecule has 2 amide bonds. The van der Waals surface area contributed by atoms with Crippen LogP contribution in [-0.2, 0) is 4.79 Å². The molecule has 3 aromatic heterocycles. The van der Waals surface area contributed by atoms with Crippen molar-refractivity contribution in [2.45, 2.75) is 6.43 Å². The lowest BCUT2D eigenvalue weighted by Gasteiger charge is -2.13. The average Bonchev–Trinajstić information content (AvgIpc) is 3.52. The Morgan fingerprint density at radius 2 is 1.89 bits per heavy atom. The predicted molar refractivity (Wildman–Crippen MR) is 119 cm³/mol. The minimum Gasteiger partial charge on any atom is -0.444 e. The number of carbonyl (C=O) groups excluding carboxylic acids is 3. The highest BCUT2D eigenvalue weighted by Crippen LogP contribution is 2.28. The van der Waals surface area contributed by atoms with Gasteiger partial charge in [0.15, 0.2) is 11.4 Å². The quantitative estimate of drug-likeness (QED) is 0.384. The van der Waals surface area contributed by atoms with E-state index in [9.17, 15) is 23.2 Å². The fraction of sp³-hybridized carbons (Fsp3) is 0.130. The third-order valence-electron chi connectivity index (χ3n) is 4.94. The van der Waals surface area contributed by atoms with Crippen molar-refractivity contribution in [3.05, 3.63) is 78.2 Å². The second-order valence-corrected chi connectivity index (χ2v) is 7.30. The number of aromatic nitrogens is 4. The summed E-state index contributed by atoms with van der Waals surface area (Å²) in [5.74, 6) is -0.950. The van der Waals surface area contributed by atoms with Crippen LogP contribution in [0, 0.1) is 0 Å². The molecule has 12 heteroatoms. The molecule has 0 spiro atoms. The maximum Gasteiger partial charge on any atom is 0.284 e. The minimum atomic E-state index is -2.96. The Hall–Kier alpha value is -4.74. The van der Waals surface area contributed by atoms with Gasteiger partial charge in [-0.05, 0) is 36.4 Å². The van der Waals surface area contributed by atoms with Gasteiger partial charge in [0.2, 0.25) is 5.89 Å². The summed E-state index contributed by atoms with van der Waals surface area (Å²) in [5, 5.41) is 6.27. The number of aldehydes is 1. The zero-order valence-electron chi connectivity index (χ0n) is 18.3. The zero-order valence-corrected chi connectivity index (χ0v) is 18.3. The molecule has 3 heterocycles. The molecule has 35 heavy (non-hydrogen) atoms. The second-order valence-electron chi connectivity index (χ2n) is 7.30. The van der Waals surface area contributed by atoms with E-state index >= 15 is 0 Å². The topological polar surface area (TPSA) is 123 Å². The summed E-state index contributed by atoms with van der Waals surface area (Å²) in [5.41, 5.74) is 0.338. The van der Waals surface area contributed by atoms with Crippen LogP contribution in [0.3, 0.4) is 0 Å². The summed E-state index contributed by atoms with van der Waals surface area (Å²) in [7, 11) is 1.48. The largest absolute Gasteiger partial charge is 0.444 e. The summed E-state index contributed by atoms with van der Waals surface area (Å²) in [6.45, 7) is -0.0594. The van der Waals surface area contributed by atoms with Crippen LogP contribution in [0.4, 0.5) is 14.5 Å². The number of anilines is 1. The number of hydrogen-bond acceptors (Lipinski definition) is 7. The summed E-state index contributed by atoms with van der Waals surface area (Å²) in [4.78, 5) is 44.7. The molecule has 0 unspecified atom stereocenters. The summed E-state index contributed by atoms with van der Waals surface area (Å²) < 4.78 is 33.7. The number of pyridine rings is 1. The number of carbonyl (C=O) groups is 3. The van der Waals surface area contributed by atoms with Gasteiger partial charge in [-0.15, -0.1) is 0 Å². The first-order chi connectivity index (χ1) is 16.9. The lowest BCUT2D eigenvalue weighted by molar-refractivity contribution is -0.108. The van der Waals surface area contributed by atoms with Crippen LogP contribution in [0.1, 0.15) is 33.0 Å². The Balaban J connectivity index is 1.54. The molecular formula is C23H18F2N6O4. The molecule has 0 radical (unpaired) electrons. The van der Waals surface area contributed by atoms with E-state index in [0.29, 0.717) is 23.1 Å². The van der Waals surface area contributed by atoms with Crippen molar-refractivity contribution in [1.29, 1.82) is 0 Å². The minimum absolute atomic E-state index is 0.0594. The van der Waals surface area contributed by atoms with Crippen molar-refractivity contribution in [2.75, 3.05) is 18.9 Å². The standard InChI is InChI=1S/C23H18F2N6O4/c1-30(10-11-32)23(34)15-2-4-16(5-3-15)31-12-17(19(29-31)20(24)25)27-21(33)18-13-35-22(28-18)14-6-8-26-9-7-14/h2-9,11-13,20H,10H2,1H3,(H,27,33). The van der Waals surface area contributed by atoms with Gasteiger partial charge < -0.3 is 19.4 Å². The monoisotopic (exact) mass is 480 g/mol. The van der Waals surface area contributed by atoms with Gasteiger partial charge in [-0.3, -0.25) is 14.6 Å². The van der Waals surface area contributed by atoms with Gasteiger partial charge in [-0.1, -0.05) is 0 Å². The SMILES string of the molecule is CN(CC=O)C(=O)c1ccc(-n2cc(NC(=O)c3coc(-c4ccncc4)n3)c(C(F)F)n2)cc1. The van der Waals surface area contributed by atoms with E-state index in [0.717, 1.165) is 10.9 Å². The number of rotatable bonds is 8. The third kappa shape index (κ3) is 5.11. The molecule has 0 aliphatic carbocycles. The van der Waals surface area contributed by atoms with Gasteiger partial charge in [0, 0.05) is 30.6 Å². The number of oxazole rings is 1. The van der Waals surface area contributed by atoms with Crippen molar-refractivity contribution < 1.29 is 27.6 Å². The lowest BCUT2D eigenvalue weighted by atomic mass is 10.2. The van der Waals surface area contributed by atoms with E-state index in [1.54, 1.807) is 12.1 Å². The Morgan fingerprint density at radius 1 is 1.17 bits per heavy atom. The van der Waals surface area contributed by atoms with Gasteiger partial charge >= 0.3 is 0 Å². The number of hydrogen-bond donors (Lipinski definition) is 1. The molecular weight excluding hydrogens is 462 g/mol. The van der Waals surface area contributed by atoms with Crippen LogP contribution >= 0.6 is 0 Å². The van der Waals surface area contributed by atoms with Crippen molar-refractivity contribution >= 4 is 23.8 Å². The molecule has 0 atom stereocenters. The number of alkyl halides is 2. The van der Waals surface area contributed by atoms with Crippen molar-refractivity contribution in [1.82, 2.24) is 24.6 Å². The lowest BCUT2D eigenvalue weighted by Crippen LogP contribution is -2.28. The normalized spacial score (nSPS) is 10.9. The van der Waals surface area contributed by atoms with Crippen molar-refractivity contribution in [3.8, 4) is 17.1 Å². The molecule has 10 nitrogen and oxygen atoms in total. The molecule has 0 saturated heterocycles. The molecule has 0 fully saturated rings. The van der Waals surface area contributed by atoms with Gasteiger partial charge in [-0.2, -0.15) is 5.10 Å². The molecule has 178 valence electrons. The first-order valence-electron chi connectivity index (χ1n) is 10.2. The number of nitrogens with one attached hydrogen (secondary N) is 1. The predicted octanol–water partition coefficient (Wildman–Crippen LogP) is 3.38. The van der Waals surface area contributed by atoms with E-state index in [2.05, 4.69) is 20.4 Å². The van der Waals surface area contributed by atoms with Crippen LogP contribution in [0.25, 0.3) is 17.1 Å². The van der Waals surface area contributed by atoms with Crippen LogP contribution in [0.2, 0.25) is 0 Å². The number of nitrogens with zero attached hydrogens (tertiary/aromatic N) is 5. The highest BCUT2D eigenvalue weighted by atomic mass is 19.3. The van der Waals surface area contributed by atoms with Crippen LogP contribution in [0.15, 0.2) is 65.7 Å². The third-order valence-corrected chi connectivity index (χ3v) is 4.94. The molecule has 0 bridgehead atoms. The zero-order chi connectivity index (χ0) is 24.9. The van der Waals surface area contributed by atoms with Gasteiger partial charge in [0.1, 0.15) is 12.5 Å². The van der Waals surface area contributed by atoms with Gasteiger partial charge in [0.25, 0.3) is 18.2 Å². The Bertz CT molecular complexity index is 1350. The summed E-state index contributed by atoms with van der Waals surface area (Å²) in [6.07, 6.45) is 3.07. The molecule has 0 saturated carbocycles. The van der Waals surface area contributed by atoms with E-state index in [1.807, 2.05) is 0 Å². The fourth-order valence-corrected chi connectivity index (χ4v) is 3.14. The van der Waals surface area contributed by atoms with Crippen molar-refractivity contribution in [3.63, 3.8) is 0 Å². The van der Waals surface area contributed by atoms with Crippen LogP contribution < -0.4 is 5.32 Å². The number of benzene rings is 1. The van der Waals surface area contributed by atoms with E-state index < -0.39 is 18.0 Å². The van der Waals surface area contributed by atoms with Crippen molar-refractivity contribution in [2.24, 2.45) is 0 Å². The number of likely N-dealkylation sites (N-methyl/N-ethyl adjacent to an activating group) is 1. The Kier molecular flexibility index (Phi) is 6.71. The Morgan fingerprint density at radius 3 is 2.54 bits per heavy atom. The van der Waals surface area contributed by atoms with Gasteiger partial charge in [0.05, 0.1) is 24.1 Å². The van der Waals surface area contributed by atoms with E-state index in [-0.39, 0.29) is 29.7 Å². The maximum absolute atomic E-state index is 13.6. The van der Waals surface area contributed by atoms with Crippen LogP contribution in [-0.4, -0.2) is 56.3 Å². The molecule has 0 aliphatic heterocycles. The first-order valence-corrected chi connectivity index (χ1v) is 10.2. The fourth-order valence-electron chi connectivity index (χ4n) is 3.14. The Labute approximate surface area is 197 Å². The molecule has 1 aromatic carbocycles. The smallest absolute Gasteiger partial charge is 0.284 e. The van der Waals surface area contributed by atoms with E-state index in [1.165, 1.54) is 54.8 Å². The number of amides is 2. The first kappa shape index (κ1) is 23.4. The molecule has 0 aliphatic rings. The van der Waals surface area contributed by atoms with Crippen LogP contribution in [0.5, 0.6) is 0 Å². The van der Waals surface area contributed by atoms with Gasteiger partial charge in [-0.25, -0.2) is 18.4 Å². The van der Waals surface area contributed by atoms with E-state index in [4.69, 9.17) is 4.42 Å². The molecule has 1 N–H and O–H groups in total. The molecule has 4 aromatic rings. The number of halogens is 2. The highest BCUT2D eigenvalue weighted by Gasteiger charge is 2.23. The summed E-state index contributed by atoms with van der Waals surface area (Å²) >= 11 is 0. The maximum atomic E-state index is 13.6.